The second kappa shape index (κ2) is 7.43. The Kier molecular flexibility index (Phi) is 5.87. The molecule has 1 saturated carbocycles. The third kappa shape index (κ3) is 3.96. The van der Waals surface area contributed by atoms with Crippen molar-refractivity contribution in [3.63, 3.8) is 0 Å². The minimum atomic E-state index is 0.183. The molecular weight excluding hydrogens is 294 g/mol. The van der Waals surface area contributed by atoms with Gasteiger partial charge < -0.3 is 15.2 Å². The zero-order valence-electron chi connectivity index (χ0n) is 12.0. The zero-order chi connectivity index (χ0) is 14.5. The molecule has 1 aromatic carbocycles. The molecule has 2 rings (SSSR count). The van der Waals surface area contributed by atoms with E-state index in [1.165, 1.54) is 32.8 Å². The first kappa shape index (κ1) is 15.8. The van der Waals surface area contributed by atoms with Gasteiger partial charge >= 0.3 is 0 Å². The van der Waals surface area contributed by atoms with Gasteiger partial charge in [0.2, 0.25) is 0 Å². The number of hydrogen-bond acceptors (Lipinski definition) is 4. The number of ether oxygens (including phenoxy) is 1. The second-order valence-electron chi connectivity index (χ2n) is 5.21. The molecule has 0 unspecified atom stereocenters. The summed E-state index contributed by atoms with van der Waals surface area (Å²) >= 11 is 8.01. The monoisotopic (exact) mass is 315 g/mol. The van der Waals surface area contributed by atoms with Crippen molar-refractivity contribution in [3.05, 3.63) is 22.7 Å². The molecule has 2 N–H and O–H groups in total. The Morgan fingerprint density at radius 2 is 2.05 bits per heavy atom. The lowest BCUT2D eigenvalue weighted by Gasteiger charge is -2.28. The number of benzene rings is 1. The number of phenols is 1. The maximum absolute atomic E-state index is 10.1. The molecule has 1 aliphatic carbocycles. The van der Waals surface area contributed by atoms with Gasteiger partial charge in [-0.3, -0.25) is 0 Å². The Hall–Kier alpha value is -0.580. The standard InChI is InChI=1S/C15H22ClNO2S/c1-19-14-8-11(16)7-10(15(14)18)9-17-12-3-5-13(20-2)6-4-12/h7-8,12-13,17-18H,3-6,9H2,1-2H3. The predicted molar refractivity (Wildman–Crippen MR) is 86.1 cm³/mol. The number of phenolic OH excluding ortho intramolecular Hbond substituents is 1. The summed E-state index contributed by atoms with van der Waals surface area (Å²) in [6, 6.07) is 3.95. The van der Waals surface area contributed by atoms with Gasteiger partial charge in [0.15, 0.2) is 11.5 Å². The maximum atomic E-state index is 10.1. The van der Waals surface area contributed by atoms with Crippen LogP contribution in [-0.4, -0.2) is 29.8 Å². The molecule has 0 amide bonds. The Morgan fingerprint density at radius 1 is 1.35 bits per heavy atom. The summed E-state index contributed by atoms with van der Waals surface area (Å²) in [7, 11) is 1.53. The third-order valence-electron chi connectivity index (χ3n) is 3.93. The van der Waals surface area contributed by atoms with Crippen LogP contribution in [0.2, 0.25) is 5.02 Å². The van der Waals surface area contributed by atoms with Crippen molar-refractivity contribution < 1.29 is 9.84 Å². The van der Waals surface area contributed by atoms with E-state index in [0.29, 0.717) is 23.4 Å². The molecule has 0 spiro atoms. The lowest BCUT2D eigenvalue weighted by atomic mass is 9.95. The number of rotatable bonds is 5. The van der Waals surface area contributed by atoms with Gasteiger partial charge in [-0.1, -0.05) is 11.6 Å². The first-order chi connectivity index (χ1) is 9.63. The van der Waals surface area contributed by atoms with Crippen molar-refractivity contribution in [1.82, 2.24) is 5.32 Å². The Balaban J connectivity index is 1.93. The molecular formula is C15H22ClNO2S. The minimum Gasteiger partial charge on any atom is -0.504 e. The Morgan fingerprint density at radius 3 is 2.65 bits per heavy atom. The highest BCUT2D eigenvalue weighted by atomic mass is 35.5. The van der Waals surface area contributed by atoms with E-state index in [0.717, 1.165) is 10.8 Å². The normalized spacial score (nSPS) is 22.8. The van der Waals surface area contributed by atoms with Crippen LogP contribution in [0.5, 0.6) is 11.5 Å². The van der Waals surface area contributed by atoms with Gasteiger partial charge in [-0.25, -0.2) is 0 Å². The van der Waals surface area contributed by atoms with Gasteiger partial charge in [0.1, 0.15) is 0 Å². The van der Waals surface area contributed by atoms with Crippen LogP contribution in [0.3, 0.4) is 0 Å². The summed E-state index contributed by atoms with van der Waals surface area (Å²) in [5, 5.41) is 15.0. The van der Waals surface area contributed by atoms with E-state index in [-0.39, 0.29) is 5.75 Å². The zero-order valence-corrected chi connectivity index (χ0v) is 13.6. The van der Waals surface area contributed by atoms with E-state index in [1.807, 2.05) is 11.8 Å². The molecule has 1 aliphatic rings. The summed E-state index contributed by atoms with van der Waals surface area (Å²) in [6.45, 7) is 0.622. The first-order valence-electron chi connectivity index (χ1n) is 6.95. The molecule has 1 fully saturated rings. The van der Waals surface area contributed by atoms with Crippen LogP contribution in [0, 0.1) is 0 Å². The molecule has 112 valence electrons. The Bertz CT molecular complexity index is 448. The SMILES string of the molecule is COc1cc(Cl)cc(CNC2CCC(SC)CC2)c1O. The fourth-order valence-electron chi connectivity index (χ4n) is 2.68. The van der Waals surface area contributed by atoms with E-state index in [2.05, 4.69) is 11.6 Å². The average Bonchev–Trinajstić information content (AvgIpc) is 2.48. The molecule has 0 bridgehead atoms. The quantitative estimate of drug-likeness (QED) is 0.867. The molecule has 0 saturated heterocycles. The molecule has 0 aromatic heterocycles. The van der Waals surface area contributed by atoms with Gasteiger partial charge in [-0.05, 0) is 38.0 Å². The highest BCUT2D eigenvalue weighted by Gasteiger charge is 2.20. The fourth-order valence-corrected chi connectivity index (χ4v) is 3.65. The molecule has 0 heterocycles. The average molecular weight is 316 g/mol. The van der Waals surface area contributed by atoms with Crippen LogP contribution < -0.4 is 10.1 Å². The number of nitrogens with one attached hydrogen (secondary N) is 1. The van der Waals surface area contributed by atoms with E-state index in [9.17, 15) is 5.11 Å². The van der Waals surface area contributed by atoms with Gasteiger partial charge in [0.05, 0.1) is 7.11 Å². The Labute approximate surface area is 130 Å². The fraction of sp³-hybridized carbons (Fsp3) is 0.600. The molecule has 3 nitrogen and oxygen atoms in total. The molecule has 20 heavy (non-hydrogen) atoms. The summed E-state index contributed by atoms with van der Waals surface area (Å²) in [5.74, 6) is 0.614. The first-order valence-corrected chi connectivity index (χ1v) is 8.62. The summed E-state index contributed by atoms with van der Waals surface area (Å²) in [5.41, 5.74) is 0.793. The minimum absolute atomic E-state index is 0.183. The van der Waals surface area contributed by atoms with E-state index < -0.39 is 0 Å². The third-order valence-corrected chi connectivity index (χ3v) is 5.28. The molecule has 5 heteroatoms. The number of hydrogen-bond donors (Lipinski definition) is 2. The second-order valence-corrected chi connectivity index (χ2v) is 6.78. The van der Waals surface area contributed by atoms with E-state index in [4.69, 9.17) is 16.3 Å². The summed E-state index contributed by atoms with van der Waals surface area (Å²) in [6.07, 6.45) is 7.12. The number of halogens is 1. The van der Waals surface area contributed by atoms with Crippen LogP contribution in [0.25, 0.3) is 0 Å². The molecule has 1 aromatic rings. The van der Waals surface area contributed by atoms with Crippen LogP contribution in [0.4, 0.5) is 0 Å². The maximum Gasteiger partial charge on any atom is 0.162 e. The van der Waals surface area contributed by atoms with Crippen molar-refractivity contribution in [1.29, 1.82) is 0 Å². The predicted octanol–water partition coefficient (Wildman–Crippen LogP) is 3.82. The van der Waals surface area contributed by atoms with Crippen molar-refractivity contribution >= 4 is 23.4 Å². The van der Waals surface area contributed by atoms with Crippen molar-refractivity contribution in [2.45, 2.75) is 43.5 Å². The largest absolute Gasteiger partial charge is 0.504 e. The van der Waals surface area contributed by atoms with Crippen LogP contribution >= 0.6 is 23.4 Å². The van der Waals surface area contributed by atoms with Crippen molar-refractivity contribution in [3.8, 4) is 11.5 Å². The lowest BCUT2D eigenvalue weighted by molar-refractivity contribution is 0.359. The van der Waals surface area contributed by atoms with Gasteiger partial charge in [0, 0.05) is 34.5 Å². The highest BCUT2D eigenvalue weighted by Crippen LogP contribution is 2.34. The van der Waals surface area contributed by atoms with Crippen LogP contribution in [0.1, 0.15) is 31.2 Å². The van der Waals surface area contributed by atoms with E-state index in [1.54, 1.807) is 12.1 Å². The van der Waals surface area contributed by atoms with Gasteiger partial charge in [0.25, 0.3) is 0 Å². The van der Waals surface area contributed by atoms with Gasteiger partial charge in [-0.15, -0.1) is 0 Å². The highest BCUT2D eigenvalue weighted by molar-refractivity contribution is 7.99. The smallest absolute Gasteiger partial charge is 0.162 e. The molecule has 0 radical (unpaired) electrons. The number of methoxy groups -OCH3 is 1. The van der Waals surface area contributed by atoms with Gasteiger partial charge in [-0.2, -0.15) is 11.8 Å². The number of aromatic hydroxyl groups is 1. The van der Waals surface area contributed by atoms with Crippen molar-refractivity contribution in [2.75, 3.05) is 13.4 Å². The molecule has 0 aliphatic heterocycles. The topological polar surface area (TPSA) is 41.5 Å². The van der Waals surface area contributed by atoms with Crippen molar-refractivity contribution in [2.24, 2.45) is 0 Å². The number of thioether (sulfide) groups is 1. The van der Waals surface area contributed by atoms with Crippen LogP contribution in [0.15, 0.2) is 12.1 Å². The summed E-state index contributed by atoms with van der Waals surface area (Å²) in [4.78, 5) is 0. The summed E-state index contributed by atoms with van der Waals surface area (Å²) < 4.78 is 5.12. The lowest BCUT2D eigenvalue weighted by Crippen LogP contribution is -2.33. The molecule has 0 atom stereocenters. The van der Waals surface area contributed by atoms with E-state index >= 15 is 0 Å². The van der Waals surface area contributed by atoms with Crippen LogP contribution in [-0.2, 0) is 6.54 Å².